The van der Waals surface area contributed by atoms with Crippen molar-refractivity contribution in [1.29, 1.82) is 0 Å². The second-order valence-corrected chi connectivity index (χ2v) is 3.90. The van der Waals surface area contributed by atoms with Crippen molar-refractivity contribution in [2.45, 2.75) is 12.5 Å². The van der Waals surface area contributed by atoms with Crippen LogP contribution >= 0.6 is 47.2 Å². The van der Waals surface area contributed by atoms with E-state index in [9.17, 15) is 0 Å². The molecule has 0 fully saturated rings. The summed E-state index contributed by atoms with van der Waals surface area (Å²) in [6, 6.07) is -0.298. The van der Waals surface area contributed by atoms with E-state index < -0.39 is 0 Å². The predicted octanol–water partition coefficient (Wildman–Crippen LogP) is 4.04. The molecule has 6 heteroatoms. The molecule has 1 aromatic heterocycles. The van der Waals surface area contributed by atoms with Crippen LogP contribution in [-0.4, -0.2) is 4.98 Å². The Bertz CT molecular complexity index is 354. The van der Waals surface area contributed by atoms with Gasteiger partial charge in [-0.05, 0) is 6.42 Å². The largest absolute Gasteiger partial charge is 0.324 e. The van der Waals surface area contributed by atoms with Crippen LogP contribution in [0.1, 0.15) is 18.0 Å². The van der Waals surface area contributed by atoms with E-state index in [1.165, 1.54) is 6.20 Å². The van der Waals surface area contributed by atoms with Gasteiger partial charge in [0.2, 0.25) is 0 Å². The first-order chi connectivity index (χ1) is 6.57. The van der Waals surface area contributed by atoms with Gasteiger partial charge < -0.3 is 5.73 Å². The Kier molecular flexibility index (Phi) is 6.57. The Morgan fingerprint density at radius 1 is 1.47 bits per heavy atom. The minimum absolute atomic E-state index is 0. The molecule has 0 saturated heterocycles. The zero-order valence-corrected chi connectivity index (χ0v) is 10.8. The maximum Gasteiger partial charge on any atom is 0.148 e. The first kappa shape index (κ1) is 15.0. The molecule has 0 saturated carbocycles. The molecule has 0 amide bonds. The molecule has 1 aromatic rings. The molecule has 2 N–H and O–H groups in total. The van der Waals surface area contributed by atoms with Gasteiger partial charge in [0.05, 0.1) is 10.0 Å². The fourth-order valence-corrected chi connectivity index (χ4v) is 1.87. The summed E-state index contributed by atoms with van der Waals surface area (Å²) in [5, 5.41) is 0.952. The van der Waals surface area contributed by atoms with Crippen LogP contribution in [0.4, 0.5) is 0 Å². The molecule has 1 rings (SSSR count). The van der Waals surface area contributed by atoms with Crippen LogP contribution in [0.5, 0.6) is 0 Å². The van der Waals surface area contributed by atoms with E-state index >= 15 is 0 Å². The van der Waals surface area contributed by atoms with Crippen LogP contribution in [0.2, 0.25) is 15.2 Å². The van der Waals surface area contributed by atoms with Gasteiger partial charge in [0.15, 0.2) is 0 Å². The van der Waals surface area contributed by atoms with Crippen molar-refractivity contribution in [1.82, 2.24) is 4.98 Å². The van der Waals surface area contributed by atoms with Gasteiger partial charge in [-0.15, -0.1) is 19.0 Å². The van der Waals surface area contributed by atoms with Crippen molar-refractivity contribution in [3.8, 4) is 0 Å². The molecule has 0 radical (unpaired) electrons. The molecule has 1 atom stereocenters. The Morgan fingerprint density at radius 3 is 2.60 bits per heavy atom. The maximum absolute atomic E-state index is 5.94. The SMILES string of the molecule is C=CC[C@@H](N)c1c(Cl)cnc(Cl)c1Cl.Cl. The highest BCUT2D eigenvalue weighted by Gasteiger charge is 2.16. The monoisotopic (exact) mass is 286 g/mol. The highest BCUT2D eigenvalue weighted by molar-refractivity contribution is 6.43. The van der Waals surface area contributed by atoms with Crippen LogP contribution in [0.25, 0.3) is 0 Å². The third kappa shape index (κ3) is 3.51. The van der Waals surface area contributed by atoms with E-state index in [1.54, 1.807) is 6.08 Å². The van der Waals surface area contributed by atoms with Crippen molar-refractivity contribution >= 4 is 47.2 Å². The predicted molar refractivity (Wildman–Crippen MR) is 68.3 cm³/mol. The van der Waals surface area contributed by atoms with Gasteiger partial charge in [0.25, 0.3) is 0 Å². The quantitative estimate of drug-likeness (QED) is 0.673. The van der Waals surface area contributed by atoms with Crippen molar-refractivity contribution in [3.05, 3.63) is 39.6 Å². The summed E-state index contributed by atoms with van der Waals surface area (Å²) in [4.78, 5) is 3.80. The first-order valence-corrected chi connectivity index (χ1v) is 5.07. The van der Waals surface area contributed by atoms with Crippen molar-refractivity contribution in [3.63, 3.8) is 0 Å². The van der Waals surface area contributed by atoms with Crippen LogP contribution in [0.3, 0.4) is 0 Å². The molecule has 0 aliphatic rings. The van der Waals surface area contributed by atoms with Crippen molar-refractivity contribution in [2.24, 2.45) is 5.73 Å². The van der Waals surface area contributed by atoms with Crippen LogP contribution in [0.15, 0.2) is 18.9 Å². The highest BCUT2D eigenvalue weighted by Crippen LogP contribution is 2.34. The van der Waals surface area contributed by atoms with Crippen LogP contribution < -0.4 is 5.73 Å². The van der Waals surface area contributed by atoms with Crippen molar-refractivity contribution in [2.75, 3.05) is 0 Å². The van der Waals surface area contributed by atoms with E-state index in [0.717, 1.165) is 0 Å². The standard InChI is InChI=1S/C9H9Cl3N2.ClH/c1-2-3-6(13)7-5(10)4-14-9(12)8(7)11;/h2,4,6H,1,3,13H2;1H/t6-;/m1./s1. The Morgan fingerprint density at radius 2 is 2.07 bits per heavy atom. The molecule has 0 aromatic carbocycles. The number of nitrogens with two attached hydrogens (primary N) is 1. The molecule has 15 heavy (non-hydrogen) atoms. The number of pyridine rings is 1. The normalized spacial score (nSPS) is 11.7. The Labute approximate surface area is 110 Å². The minimum atomic E-state index is -0.298. The van der Waals surface area contributed by atoms with Gasteiger partial charge in [0.1, 0.15) is 5.15 Å². The summed E-state index contributed by atoms with van der Waals surface area (Å²) in [6.07, 6.45) is 3.72. The lowest BCUT2D eigenvalue weighted by atomic mass is 10.1. The van der Waals surface area contributed by atoms with Gasteiger partial charge in [-0.2, -0.15) is 0 Å². The number of aromatic nitrogens is 1. The summed E-state index contributed by atoms with van der Waals surface area (Å²) in [6.45, 7) is 3.59. The van der Waals surface area contributed by atoms with E-state index in [4.69, 9.17) is 40.5 Å². The third-order valence-corrected chi connectivity index (χ3v) is 2.82. The number of halogens is 4. The smallest absolute Gasteiger partial charge is 0.148 e. The molecular weight excluding hydrogens is 278 g/mol. The second kappa shape index (κ2) is 6.56. The van der Waals surface area contributed by atoms with E-state index in [0.29, 0.717) is 22.0 Å². The fraction of sp³-hybridized carbons (Fsp3) is 0.222. The summed E-state index contributed by atoms with van der Waals surface area (Å²) in [5.41, 5.74) is 6.47. The second-order valence-electron chi connectivity index (χ2n) is 2.76. The zero-order valence-electron chi connectivity index (χ0n) is 7.71. The van der Waals surface area contributed by atoms with Crippen LogP contribution in [0, 0.1) is 0 Å². The van der Waals surface area contributed by atoms with Gasteiger partial charge >= 0.3 is 0 Å². The summed E-state index contributed by atoms with van der Waals surface area (Å²) in [5.74, 6) is 0. The molecule has 0 aliphatic heterocycles. The van der Waals surface area contributed by atoms with Gasteiger partial charge in [-0.1, -0.05) is 40.9 Å². The lowest BCUT2D eigenvalue weighted by Gasteiger charge is -2.13. The third-order valence-electron chi connectivity index (χ3n) is 1.76. The minimum Gasteiger partial charge on any atom is -0.324 e. The van der Waals surface area contributed by atoms with E-state index in [-0.39, 0.29) is 23.6 Å². The van der Waals surface area contributed by atoms with Gasteiger partial charge in [0, 0.05) is 17.8 Å². The summed E-state index contributed by atoms with van der Waals surface area (Å²) < 4.78 is 0. The van der Waals surface area contributed by atoms with E-state index in [1.807, 2.05) is 0 Å². The Hall–Kier alpha value is 0.01000. The summed E-state index contributed by atoms with van der Waals surface area (Å²) in [7, 11) is 0. The topological polar surface area (TPSA) is 38.9 Å². The van der Waals surface area contributed by atoms with Gasteiger partial charge in [-0.3, -0.25) is 0 Å². The molecule has 1 heterocycles. The lowest BCUT2D eigenvalue weighted by molar-refractivity contribution is 0.740. The number of hydrogen-bond donors (Lipinski definition) is 1. The average molecular weight is 288 g/mol. The van der Waals surface area contributed by atoms with Crippen molar-refractivity contribution < 1.29 is 0 Å². The number of nitrogens with zero attached hydrogens (tertiary/aromatic N) is 1. The number of rotatable bonds is 3. The zero-order chi connectivity index (χ0) is 10.7. The fourth-order valence-electron chi connectivity index (χ4n) is 1.09. The van der Waals surface area contributed by atoms with Gasteiger partial charge in [-0.25, -0.2) is 4.98 Å². The molecule has 84 valence electrons. The molecule has 0 unspecified atom stereocenters. The summed E-state index contributed by atoms with van der Waals surface area (Å²) >= 11 is 17.6. The highest BCUT2D eigenvalue weighted by atomic mass is 35.5. The molecule has 0 spiro atoms. The van der Waals surface area contributed by atoms with Crippen LogP contribution in [-0.2, 0) is 0 Å². The number of hydrogen-bond acceptors (Lipinski definition) is 2. The molecule has 0 aliphatic carbocycles. The lowest BCUT2D eigenvalue weighted by Crippen LogP contribution is -2.10. The molecule has 2 nitrogen and oxygen atoms in total. The maximum atomic E-state index is 5.94. The Balaban J connectivity index is 0.00000196. The molecular formula is C9H10Cl4N2. The average Bonchev–Trinajstić information content (AvgIpc) is 2.13. The van der Waals surface area contributed by atoms with E-state index in [2.05, 4.69) is 11.6 Å². The first-order valence-electron chi connectivity index (χ1n) is 3.93. The molecule has 0 bridgehead atoms.